The number of hydrogen-bond donors (Lipinski definition) is 2. The first kappa shape index (κ1) is 17.9. The Bertz CT molecular complexity index is 514. The average Bonchev–Trinajstić information content (AvgIpc) is 2.58. The quantitative estimate of drug-likeness (QED) is 0.695. The highest BCUT2D eigenvalue weighted by Gasteiger charge is 2.39. The van der Waals surface area contributed by atoms with Crippen LogP contribution in [-0.2, 0) is 0 Å². The first-order chi connectivity index (χ1) is 10.9. The first-order valence-corrected chi connectivity index (χ1v) is 9.26. The molecule has 0 aromatic rings. The highest BCUT2D eigenvalue weighted by molar-refractivity contribution is 5.34. The molecule has 4 N–H and O–H groups in total. The summed E-state index contributed by atoms with van der Waals surface area (Å²) in [6.45, 7) is 9.08. The van der Waals surface area contributed by atoms with Crippen LogP contribution >= 0.6 is 0 Å². The molecule has 128 valence electrons. The lowest BCUT2D eigenvalue weighted by Gasteiger charge is -2.44. The summed E-state index contributed by atoms with van der Waals surface area (Å²) in [5, 5.41) is 0. The third kappa shape index (κ3) is 3.57. The molecule has 2 heteroatoms. The summed E-state index contributed by atoms with van der Waals surface area (Å²) in [6.07, 6.45) is 16.9. The van der Waals surface area contributed by atoms with E-state index in [1.54, 1.807) is 0 Å². The Morgan fingerprint density at radius 1 is 0.783 bits per heavy atom. The molecule has 0 heterocycles. The molecule has 2 aliphatic carbocycles. The Morgan fingerprint density at radius 2 is 1.17 bits per heavy atom. The third-order valence-corrected chi connectivity index (χ3v) is 6.15. The van der Waals surface area contributed by atoms with E-state index in [2.05, 4.69) is 52.0 Å². The van der Waals surface area contributed by atoms with Crippen LogP contribution in [0.5, 0.6) is 0 Å². The van der Waals surface area contributed by atoms with Gasteiger partial charge in [-0.15, -0.1) is 0 Å². The van der Waals surface area contributed by atoms with E-state index < -0.39 is 0 Å². The molecule has 0 aromatic carbocycles. The number of nitrogens with two attached hydrogens (primary N) is 2. The van der Waals surface area contributed by atoms with Gasteiger partial charge in [-0.05, 0) is 79.1 Å². The van der Waals surface area contributed by atoms with Gasteiger partial charge in [0.15, 0.2) is 0 Å². The fourth-order valence-corrected chi connectivity index (χ4v) is 4.28. The third-order valence-electron chi connectivity index (χ3n) is 6.15. The molecule has 2 atom stereocenters. The summed E-state index contributed by atoms with van der Waals surface area (Å²) in [5.74, 6) is 0. The molecule has 0 spiro atoms. The Morgan fingerprint density at radius 3 is 1.48 bits per heavy atom. The monoisotopic (exact) mass is 314 g/mol. The highest BCUT2D eigenvalue weighted by Crippen LogP contribution is 2.51. The molecule has 2 nitrogen and oxygen atoms in total. The number of rotatable bonds is 6. The Hall–Kier alpha value is -1.44. The van der Waals surface area contributed by atoms with Crippen molar-refractivity contribution in [3.05, 3.63) is 46.8 Å². The zero-order valence-electron chi connectivity index (χ0n) is 15.4. The summed E-state index contributed by atoms with van der Waals surface area (Å²) < 4.78 is 0. The van der Waals surface area contributed by atoms with Crippen LogP contribution in [0.15, 0.2) is 46.8 Å². The second kappa shape index (κ2) is 6.98. The van der Waals surface area contributed by atoms with Gasteiger partial charge < -0.3 is 11.5 Å². The van der Waals surface area contributed by atoms with Gasteiger partial charge in [0.05, 0.1) is 0 Å². The molecule has 0 aromatic heterocycles. The minimum Gasteiger partial charge on any atom is -0.399 e. The van der Waals surface area contributed by atoms with Gasteiger partial charge in [-0.25, -0.2) is 0 Å². The van der Waals surface area contributed by atoms with Crippen molar-refractivity contribution in [2.45, 2.75) is 72.6 Å². The normalized spacial score (nSPS) is 31.1. The minimum absolute atomic E-state index is 0.236. The summed E-state index contributed by atoms with van der Waals surface area (Å²) in [6, 6.07) is 0. The second-order valence-corrected chi connectivity index (χ2v) is 7.45. The zero-order valence-corrected chi connectivity index (χ0v) is 15.4. The van der Waals surface area contributed by atoms with E-state index in [-0.39, 0.29) is 10.8 Å². The van der Waals surface area contributed by atoms with Crippen LogP contribution in [-0.4, -0.2) is 0 Å². The summed E-state index contributed by atoms with van der Waals surface area (Å²) in [7, 11) is 0. The maximum absolute atomic E-state index is 6.18. The zero-order chi connectivity index (χ0) is 17.1. The van der Waals surface area contributed by atoms with Gasteiger partial charge in [-0.2, -0.15) is 0 Å². The molecule has 23 heavy (non-hydrogen) atoms. The Balaban J connectivity index is 2.28. The van der Waals surface area contributed by atoms with Gasteiger partial charge in [0.1, 0.15) is 0 Å². The highest BCUT2D eigenvalue weighted by atomic mass is 14.6. The summed E-state index contributed by atoms with van der Waals surface area (Å²) in [4.78, 5) is 0. The van der Waals surface area contributed by atoms with Crippen LogP contribution in [0.4, 0.5) is 0 Å². The van der Waals surface area contributed by atoms with E-state index in [0.717, 1.165) is 49.9 Å². The smallest absolute Gasteiger partial charge is 0.0303 e. The van der Waals surface area contributed by atoms with Crippen molar-refractivity contribution >= 4 is 0 Å². The van der Waals surface area contributed by atoms with Crippen molar-refractivity contribution in [1.82, 2.24) is 0 Å². The topological polar surface area (TPSA) is 52.0 Å². The van der Waals surface area contributed by atoms with Crippen LogP contribution in [0.3, 0.4) is 0 Å². The lowest BCUT2D eigenvalue weighted by atomic mass is 9.61. The van der Waals surface area contributed by atoms with Gasteiger partial charge in [0.2, 0.25) is 0 Å². The molecule has 2 rings (SSSR count). The van der Waals surface area contributed by atoms with Crippen molar-refractivity contribution in [3.8, 4) is 0 Å². The van der Waals surface area contributed by atoms with Gasteiger partial charge >= 0.3 is 0 Å². The maximum Gasteiger partial charge on any atom is 0.0303 e. The predicted octanol–water partition coefficient (Wildman–Crippen LogP) is 5.33. The van der Waals surface area contributed by atoms with Crippen LogP contribution in [0.25, 0.3) is 0 Å². The molecule has 0 aliphatic heterocycles. The molecule has 0 amide bonds. The maximum atomic E-state index is 6.18. The van der Waals surface area contributed by atoms with E-state index in [4.69, 9.17) is 11.5 Å². The van der Waals surface area contributed by atoms with Crippen molar-refractivity contribution in [2.75, 3.05) is 0 Å². The number of hydrogen-bond acceptors (Lipinski definition) is 2. The molecule has 0 saturated carbocycles. The Labute approximate surface area is 142 Å². The molecule has 0 fully saturated rings. The fourth-order valence-electron chi connectivity index (χ4n) is 4.28. The molecular formula is C21H34N2. The van der Waals surface area contributed by atoms with Crippen molar-refractivity contribution in [3.63, 3.8) is 0 Å². The van der Waals surface area contributed by atoms with E-state index in [1.807, 2.05) is 0 Å². The van der Waals surface area contributed by atoms with Gasteiger partial charge in [0, 0.05) is 11.4 Å². The molecular weight excluding hydrogens is 280 g/mol. The molecule has 2 unspecified atom stereocenters. The van der Waals surface area contributed by atoms with Crippen LogP contribution < -0.4 is 11.5 Å². The first-order valence-electron chi connectivity index (χ1n) is 9.26. The molecule has 2 aliphatic rings. The largest absolute Gasteiger partial charge is 0.399 e. The summed E-state index contributed by atoms with van der Waals surface area (Å²) >= 11 is 0. The van der Waals surface area contributed by atoms with Crippen molar-refractivity contribution in [1.29, 1.82) is 0 Å². The van der Waals surface area contributed by atoms with Crippen molar-refractivity contribution < 1.29 is 0 Å². The van der Waals surface area contributed by atoms with Gasteiger partial charge in [-0.3, -0.25) is 0 Å². The average molecular weight is 315 g/mol. The van der Waals surface area contributed by atoms with E-state index in [9.17, 15) is 0 Å². The molecule has 0 saturated heterocycles. The lowest BCUT2D eigenvalue weighted by molar-refractivity contribution is 0.193. The Kier molecular flexibility index (Phi) is 5.44. The lowest BCUT2D eigenvalue weighted by Crippen LogP contribution is -2.33. The SMILES string of the molecule is CCC1=C(N)C=CC(CC)(CC2(CC)C=CC(N)=C(CC)C2)C1. The van der Waals surface area contributed by atoms with Crippen LogP contribution in [0.1, 0.15) is 72.6 Å². The van der Waals surface area contributed by atoms with Crippen molar-refractivity contribution in [2.24, 2.45) is 22.3 Å². The standard InChI is InChI=1S/C21H34N2/c1-5-16-13-20(7-3,11-9-18(16)22)15-21(8-4)12-10-19(23)17(6-2)14-21/h9-12H,5-8,13-15,22-23H2,1-4H3. The van der Waals surface area contributed by atoms with Crippen LogP contribution in [0.2, 0.25) is 0 Å². The van der Waals surface area contributed by atoms with E-state index in [0.29, 0.717) is 0 Å². The van der Waals surface area contributed by atoms with E-state index in [1.165, 1.54) is 17.6 Å². The summed E-state index contributed by atoms with van der Waals surface area (Å²) in [5.41, 5.74) is 17.6. The predicted molar refractivity (Wildman–Crippen MR) is 101 cm³/mol. The molecule has 0 bridgehead atoms. The van der Waals surface area contributed by atoms with Gasteiger partial charge in [0.25, 0.3) is 0 Å². The van der Waals surface area contributed by atoms with Crippen LogP contribution in [0, 0.1) is 10.8 Å². The second-order valence-electron chi connectivity index (χ2n) is 7.45. The van der Waals surface area contributed by atoms with E-state index >= 15 is 0 Å². The minimum atomic E-state index is 0.236. The fraction of sp³-hybridized carbons (Fsp3) is 0.619. The van der Waals surface area contributed by atoms with Gasteiger partial charge in [-0.1, -0.05) is 39.8 Å². The number of allylic oxidation sites excluding steroid dienone is 6. The molecule has 0 radical (unpaired) electrons.